The van der Waals surface area contributed by atoms with Crippen molar-refractivity contribution in [1.29, 1.82) is 0 Å². The lowest BCUT2D eigenvalue weighted by atomic mass is 9.79. The lowest BCUT2D eigenvalue weighted by Crippen LogP contribution is -2.33. The molecule has 2 atom stereocenters. The fourth-order valence-corrected chi connectivity index (χ4v) is 4.78. The van der Waals surface area contributed by atoms with E-state index in [9.17, 15) is 4.79 Å². The minimum absolute atomic E-state index is 0.143. The second kappa shape index (κ2) is 6.07. The highest BCUT2D eigenvalue weighted by atomic mass is 35.5. The molecule has 1 aliphatic carbocycles. The number of nitrogens with one attached hydrogen (secondary N) is 1. The molecular formula is C19H15ClN4OS. The van der Waals surface area contributed by atoms with E-state index in [1.807, 2.05) is 40.4 Å². The van der Waals surface area contributed by atoms with E-state index in [-0.39, 0.29) is 17.7 Å². The van der Waals surface area contributed by atoms with Gasteiger partial charge in [0.2, 0.25) is 5.95 Å². The Kier molecular flexibility index (Phi) is 3.69. The molecule has 0 saturated carbocycles. The van der Waals surface area contributed by atoms with Crippen molar-refractivity contribution in [1.82, 2.24) is 14.8 Å². The van der Waals surface area contributed by atoms with Crippen molar-refractivity contribution in [3.8, 4) is 0 Å². The molecule has 0 radical (unpaired) electrons. The zero-order valence-electron chi connectivity index (χ0n) is 13.7. The fraction of sp³-hybridized carbons (Fsp3) is 0.211. The van der Waals surface area contributed by atoms with Gasteiger partial charge in [-0.05, 0) is 41.5 Å². The number of benzene rings is 1. The first-order chi connectivity index (χ1) is 12.7. The van der Waals surface area contributed by atoms with Crippen LogP contribution in [0.15, 0.2) is 59.4 Å². The SMILES string of the molecule is O=C1C[C@H](c2ccc(Cl)cc2)CC2=C1[C@@H](c1cccs1)n1ncnc1N2. The third-order valence-corrected chi connectivity index (χ3v) is 6.19. The first-order valence-corrected chi connectivity index (χ1v) is 9.68. The summed E-state index contributed by atoms with van der Waals surface area (Å²) in [5, 5.41) is 10.4. The predicted molar refractivity (Wildman–Crippen MR) is 102 cm³/mol. The molecule has 1 N–H and O–H groups in total. The van der Waals surface area contributed by atoms with Crippen molar-refractivity contribution in [2.75, 3.05) is 5.32 Å². The molecule has 2 aliphatic rings. The smallest absolute Gasteiger partial charge is 0.226 e. The zero-order valence-corrected chi connectivity index (χ0v) is 15.3. The van der Waals surface area contributed by atoms with E-state index < -0.39 is 0 Å². The zero-order chi connectivity index (χ0) is 17.7. The Morgan fingerprint density at radius 2 is 2.04 bits per heavy atom. The Morgan fingerprint density at radius 3 is 2.81 bits per heavy atom. The summed E-state index contributed by atoms with van der Waals surface area (Å²) >= 11 is 7.64. The van der Waals surface area contributed by atoms with Crippen molar-refractivity contribution < 1.29 is 4.79 Å². The van der Waals surface area contributed by atoms with Crippen LogP contribution in [0.4, 0.5) is 5.95 Å². The van der Waals surface area contributed by atoms with Crippen molar-refractivity contribution in [3.05, 3.63) is 74.8 Å². The number of hydrogen-bond acceptors (Lipinski definition) is 5. The summed E-state index contributed by atoms with van der Waals surface area (Å²) in [4.78, 5) is 18.6. The number of hydrogen-bond donors (Lipinski definition) is 1. The van der Waals surface area contributed by atoms with E-state index >= 15 is 0 Å². The molecule has 0 spiro atoms. The molecule has 3 aromatic rings. The topological polar surface area (TPSA) is 59.8 Å². The van der Waals surface area contributed by atoms with Crippen LogP contribution in [0.5, 0.6) is 0 Å². The molecule has 0 unspecified atom stereocenters. The number of carbonyl (C=O) groups is 1. The summed E-state index contributed by atoms with van der Waals surface area (Å²) in [5.41, 5.74) is 2.91. The van der Waals surface area contributed by atoms with Gasteiger partial charge in [0.05, 0.1) is 0 Å². The van der Waals surface area contributed by atoms with Crippen molar-refractivity contribution in [2.24, 2.45) is 0 Å². The summed E-state index contributed by atoms with van der Waals surface area (Å²) in [7, 11) is 0. The van der Waals surface area contributed by atoms with E-state index in [2.05, 4.69) is 21.5 Å². The summed E-state index contributed by atoms with van der Waals surface area (Å²) in [6.07, 6.45) is 2.80. The molecule has 5 rings (SSSR count). The van der Waals surface area contributed by atoms with Crippen LogP contribution >= 0.6 is 22.9 Å². The van der Waals surface area contributed by atoms with Gasteiger partial charge in [-0.3, -0.25) is 4.79 Å². The molecule has 3 heterocycles. The molecule has 1 aromatic carbocycles. The number of fused-ring (bicyclic) bond motifs is 1. The number of rotatable bonds is 2. The fourth-order valence-electron chi connectivity index (χ4n) is 3.83. The molecule has 0 fully saturated rings. The van der Waals surface area contributed by atoms with Crippen LogP contribution in [0.1, 0.15) is 35.2 Å². The lowest BCUT2D eigenvalue weighted by Gasteiger charge is -2.34. The number of halogens is 1. The van der Waals surface area contributed by atoms with Crippen molar-refractivity contribution in [3.63, 3.8) is 0 Å². The van der Waals surface area contributed by atoms with Crippen LogP contribution in [-0.2, 0) is 4.79 Å². The van der Waals surface area contributed by atoms with Crippen LogP contribution < -0.4 is 5.32 Å². The van der Waals surface area contributed by atoms with E-state index in [0.717, 1.165) is 28.1 Å². The van der Waals surface area contributed by atoms with E-state index in [1.54, 1.807) is 11.3 Å². The number of allylic oxidation sites excluding steroid dienone is 2. The van der Waals surface area contributed by atoms with Crippen LogP contribution in [0.2, 0.25) is 5.02 Å². The van der Waals surface area contributed by atoms with Gasteiger partial charge in [-0.2, -0.15) is 10.1 Å². The second-order valence-electron chi connectivity index (χ2n) is 6.54. The van der Waals surface area contributed by atoms with E-state index in [4.69, 9.17) is 11.6 Å². The standard InChI is InChI=1S/C19H15ClN4OS/c20-13-5-3-11(4-6-13)12-8-14-17(15(25)9-12)18(16-2-1-7-26-16)24-19(23-14)21-10-22-24/h1-7,10,12,18H,8-9H2,(H,21,22,23)/t12-,18-/m1/s1. The molecule has 26 heavy (non-hydrogen) atoms. The molecule has 0 amide bonds. The number of ketones is 1. The average molecular weight is 383 g/mol. The minimum atomic E-state index is -0.192. The molecular weight excluding hydrogens is 368 g/mol. The first-order valence-electron chi connectivity index (χ1n) is 8.42. The number of carbonyl (C=O) groups excluding carboxylic acids is 1. The van der Waals surface area contributed by atoms with Crippen LogP contribution in [0, 0.1) is 0 Å². The number of Topliss-reactive ketones (excluding diaryl/α,β-unsaturated/α-hetero) is 1. The third kappa shape index (κ3) is 2.48. The van der Waals surface area contributed by atoms with E-state index in [1.165, 1.54) is 6.33 Å². The van der Waals surface area contributed by atoms with Crippen LogP contribution in [0.3, 0.4) is 0 Å². The van der Waals surface area contributed by atoms with Gasteiger partial charge in [-0.15, -0.1) is 11.3 Å². The Balaban J connectivity index is 1.58. The Labute approximate surface area is 159 Å². The van der Waals surface area contributed by atoms with Gasteiger partial charge >= 0.3 is 0 Å². The maximum atomic E-state index is 13.1. The van der Waals surface area contributed by atoms with Gasteiger partial charge in [-0.25, -0.2) is 4.68 Å². The Morgan fingerprint density at radius 1 is 1.19 bits per heavy atom. The number of nitrogens with zero attached hydrogens (tertiary/aromatic N) is 3. The second-order valence-corrected chi connectivity index (χ2v) is 7.96. The highest BCUT2D eigenvalue weighted by Gasteiger charge is 2.39. The number of anilines is 1. The quantitative estimate of drug-likeness (QED) is 0.713. The van der Waals surface area contributed by atoms with Crippen molar-refractivity contribution in [2.45, 2.75) is 24.8 Å². The maximum absolute atomic E-state index is 13.1. The molecule has 7 heteroatoms. The van der Waals surface area contributed by atoms with Gasteiger partial charge in [0.15, 0.2) is 5.78 Å². The Hall–Kier alpha value is -2.44. The summed E-state index contributed by atoms with van der Waals surface area (Å²) < 4.78 is 1.81. The largest absolute Gasteiger partial charge is 0.328 e. The average Bonchev–Trinajstić information content (AvgIpc) is 3.32. The van der Waals surface area contributed by atoms with Gasteiger partial charge in [0, 0.05) is 27.6 Å². The maximum Gasteiger partial charge on any atom is 0.226 e. The van der Waals surface area contributed by atoms with E-state index in [0.29, 0.717) is 17.4 Å². The number of thiophene rings is 1. The highest BCUT2D eigenvalue weighted by molar-refractivity contribution is 7.10. The number of aromatic nitrogens is 3. The minimum Gasteiger partial charge on any atom is -0.328 e. The van der Waals surface area contributed by atoms with Gasteiger partial charge < -0.3 is 5.32 Å². The molecule has 130 valence electrons. The predicted octanol–water partition coefficient (Wildman–Crippen LogP) is 4.41. The first kappa shape index (κ1) is 15.8. The normalized spacial score (nSPS) is 22.0. The van der Waals surface area contributed by atoms with Gasteiger partial charge in [-0.1, -0.05) is 29.8 Å². The summed E-state index contributed by atoms with van der Waals surface area (Å²) in [6, 6.07) is 11.6. The van der Waals surface area contributed by atoms with Crippen LogP contribution in [0.25, 0.3) is 0 Å². The molecule has 5 nitrogen and oxygen atoms in total. The van der Waals surface area contributed by atoms with Gasteiger partial charge in [0.25, 0.3) is 0 Å². The molecule has 0 bridgehead atoms. The van der Waals surface area contributed by atoms with Crippen LogP contribution in [-0.4, -0.2) is 20.5 Å². The third-order valence-electron chi connectivity index (χ3n) is 5.02. The Bertz CT molecular complexity index is 1010. The summed E-state index contributed by atoms with van der Waals surface area (Å²) in [6.45, 7) is 0. The van der Waals surface area contributed by atoms with Crippen molar-refractivity contribution >= 4 is 34.7 Å². The summed E-state index contributed by atoms with van der Waals surface area (Å²) in [5.74, 6) is 0.995. The lowest BCUT2D eigenvalue weighted by molar-refractivity contribution is -0.116. The van der Waals surface area contributed by atoms with Gasteiger partial charge in [0.1, 0.15) is 12.4 Å². The molecule has 1 aliphatic heterocycles. The monoisotopic (exact) mass is 382 g/mol. The molecule has 2 aromatic heterocycles. The highest BCUT2D eigenvalue weighted by Crippen LogP contribution is 2.44. The molecule has 0 saturated heterocycles.